The second-order valence-corrected chi connectivity index (χ2v) is 8.45. The van der Waals surface area contributed by atoms with E-state index < -0.39 is 11.9 Å². The van der Waals surface area contributed by atoms with E-state index in [-0.39, 0.29) is 6.61 Å². The van der Waals surface area contributed by atoms with Gasteiger partial charge in [-0.15, -0.1) is 0 Å². The number of hydrogen-bond acceptors (Lipinski definition) is 5. The maximum atomic E-state index is 12.0. The van der Waals surface area contributed by atoms with Crippen LogP contribution in [0.4, 0.5) is 17.1 Å². The lowest BCUT2D eigenvalue weighted by molar-refractivity contribution is -0.119. The molecular weight excluding hydrogens is 400 g/mol. The highest BCUT2D eigenvalue weighted by Gasteiger charge is 2.17. The van der Waals surface area contributed by atoms with E-state index >= 15 is 0 Å². The van der Waals surface area contributed by atoms with E-state index in [0.717, 1.165) is 44.4 Å². The molecule has 6 nitrogen and oxygen atoms in total. The third kappa shape index (κ3) is 4.65. The fraction of sp³-hybridized carbons (Fsp3) is 0.231. The van der Waals surface area contributed by atoms with Crippen molar-refractivity contribution in [2.45, 2.75) is 32.9 Å². The highest BCUT2D eigenvalue weighted by atomic mass is 16.3. The van der Waals surface area contributed by atoms with Crippen molar-refractivity contribution in [1.29, 1.82) is 0 Å². The number of nitrogens with zero attached hydrogens (tertiary/aromatic N) is 1. The number of anilines is 3. The zero-order valence-corrected chi connectivity index (χ0v) is 18.3. The summed E-state index contributed by atoms with van der Waals surface area (Å²) < 4.78 is 0. The molecule has 3 aromatic carbocycles. The monoisotopic (exact) mass is 428 g/mol. The van der Waals surface area contributed by atoms with Crippen molar-refractivity contribution in [2.24, 2.45) is 11.7 Å². The van der Waals surface area contributed by atoms with Crippen LogP contribution < -0.4 is 16.4 Å². The van der Waals surface area contributed by atoms with Gasteiger partial charge >= 0.3 is 0 Å². The summed E-state index contributed by atoms with van der Waals surface area (Å²) >= 11 is 0. The third-order valence-electron chi connectivity index (χ3n) is 5.42. The van der Waals surface area contributed by atoms with E-state index in [4.69, 9.17) is 10.7 Å². The first-order valence-electron chi connectivity index (χ1n) is 10.8. The molecule has 1 amide bonds. The van der Waals surface area contributed by atoms with E-state index in [9.17, 15) is 9.90 Å². The fourth-order valence-corrected chi connectivity index (χ4v) is 3.98. The summed E-state index contributed by atoms with van der Waals surface area (Å²) in [7, 11) is 0. The molecule has 32 heavy (non-hydrogen) atoms. The number of nitrogens with two attached hydrogens (primary N) is 1. The van der Waals surface area contributed by atoms with Gasteiger partial charge in [0.15, 0.2) is 0 Å². The Balaban J connectivity index is 1.77. The second-order valence-electron chi connectivity index (χ2n) is 8.45. The summed E-state index contributed by atoms with van der Waals surface area (Å²) in [6, 6.07) is 21.2. The normalized spacial score (nSPS) is 12.2. The second kappa shape index (κ2) is 9.24. The number of rotatable bonds is 8. The topological polar surface area (TPSA) is 100 Å². The molecule has 1 heterocycles. The van der Waals surface area contributed by atoms with Gasteiger partial charge in [0, 0.05) is 22.1 Å². The van der Waals surface area contributed by atoms with E-state index in [0.29, 0.717) is 12.3 Å². The van der Waals surface area contributed by atoms with Crippen LogP contribution in [0.1, 0.15) is 25.8 Å². The van der Waals surface area contributed by atoms with Crippen LogP contribution in [0.3, 0.4) is 0 Å². The van der Waals surface area contributed by atoms with Crippen LogP contribution in [0.25, 0.3) is 21.8 Å². The molecule has 0 aliphatic heterocycles. The van der Waals surface area contributed by atoms with E-state index in [1.165, 1.54) is 0 Å². The third-order valence-corrected chi connectivity index (χ3v) is 5.42. The number of aromatic nitrogens is 1. The van der Waals surface area contributed by atoms with Crippen molar-refractivity contribution in [3.05, 3.63) is 72.3 Å². The van der Waals surface area contributed by atoms with Crippen molar-refractivity contribution in [1.82, 2.24) is 4.98 Å². The Morgan fingerprint density at radius 1 is 0.969 bits per heavy atom. The Bertz CT molecular complexity index is 1220. The molecule has 4 aromatic rings. The smallest absolute Gasteiger partial charge is 0.239 e. The predicted octanol–water partition coefficient (Wildman–Crippen LogP) is 4.94. The van der Waals surface area contributed by atoms with Crippen molar-refractivity contribution < 1.29 is 9.90 Å². The van der Waals surface area contributed by atoms with Gasteiger partial charge in [0.25, 0.3) is 0 Å². The van der Waals surface area contributed by atoms with Crippen molar-refractivity contribution in [2.75, 3.05) is 10.6 Å². The molecule has 0 spiro atoms. The largest absolute Gasteiger partial charge is 0.392 e. The number of primary amides is 1. The van der Waals surface area contributed by atoms with Gasteiger partial charge in [0.1, 0.15) is 6.04 Å². The molecular formula is C26H28N4O2. The SMILES string of the molecule is CC(C)C[C@H](Nc1cc(CO)cc(Nc2c3ccccc3nc3ccccc23)c1)C(N)=O. The highest BCUT2D eigenvalue weighted by Crippen LogP contribution is 2.34. The van der Waals surface area contributed by atoms with Gasteiger partial charge in [-0.25, -0.2) is 4.98 Å². The van der Waals surface area contributed by atoms with Crippen LogP contribution >= 0.6 is 0 Å². The number of aliphatic hydroxyl groups is 1. The van der Waals surface area contributed by atoms with Crippen molar-refractivity contribution in [3.8, 4) is 0 Å². The molecule has 0 saturated carbocycles. The summed E-state index contributed by atoms with van der Waals surface area (Å²) in [5, 5.41) is 18.6. The molecule has 1 atom stereocenters. The van der Waals surface area contributed by atoms with Crippen molar-refractivity contribution in [3.63, 3.8) is 0 Å². The van der Waals surface area contributed by atoms with Crippen LogP contribution in [-0.2, 0) is 11.4 Å². The van der Waals surface area contributed by atoms with Crippen LogP contribution in [0.2, 0.25) is 0 Å². The average Bonchev–Trinajstić information content (AvgIpc) is 2.78. The Labute approximate surface area is 187 Å². The van der Waals surface area contributed by atoms with Crippen molar-refractivity contribution >= 4 is 44.8 Å². The molecule has 0 aliphatic rings. The molecule has 6 heteroatoms. The van der Waals surface area contributed by atoms with Gasteiger partial charge < -0.3 is 21.5 Å². The van der Waals surface area contributed by atoms with Gasteiger partial charge in [-0.2, -0.15) is 0 Å². The Morgan fingerprint density at radius 3 is 2.12 bits per heavy atom. The molecule has 0 bridgehead atoms. The molecule has 0 unspecified atom stereocenters. The number of carbonyl (C=O) groups excluding carboxylic acids is 1. The lowest BCUT2D eigenvalue weighted by Crippen LogP contribution is -2.36. The number of para-hydroxylation sites is 2. The van der Waals surface area contributed by atoms with Gasteiger partial charge in [0.05, 0.1) is 23.3 Å². The predicted molar refractivity (Wildman–Crippen MR) is 131 cm³/mol. The molecule has 1 aromatic heterocycles. The van der Waals surface area contributed by atoms with Crippen LogP contribution in [-0.4, -0.2) is 22.0 Å². The Kier molecular flexibility index (Phi) is 6.23. The molecule has 4 rings (SSSR count). The van der Waals surface area contributed by atoms with Crippen LogP contribution in [0.15, 0.2) is 66.7 Å². The fourth-order valence-electron chi connectivity index (χ4n) is 3.98. The molecule has 0 saturated heterocycles. The summed E-state index contributed by atoms with van der Waals surface area (Å²) in [5.41, 5.74) is 10.6. The summed E-state index contributed by atoms with van der Waals surface area (Å²) in [4.78, 5) is 16.7. The standard InChI is InChI=1S/C26H28N4O2/c1-16(2)11-24(26(27)32)28-18-12-17(15-31)13-19(14-18)29-25-20-7-3-5-9-22(20)30-23-10-6-4-8-21(23)25/h3-10,12-14,16,24,28,31H,11,15H2,1-2H3,(H2,27,32)(H,29,30)/t24-/m0/s1. The number of hydrogen-bond donors (Lipinski definition) is 4. The minimum Gasteiger partial charge on any atom is -0.392 e. The van der Waals surface area contributed by atoms with E-state index in [1.54, 1.807) is 0 Å². The first kappa shape index (κ1) is 21.6. The quantitative estimate of drug-likeness (QED) is 0.298. The van der Waals surface area contributed by atoms with Gasteiger partial charge in [-0.1, -0.05) is 50.2 Å². The number of pyridine rings is 1. The average molecular weight is 429 g/mol. The minimum atomic E-state index is -0.487. The number of aliphatic hydroxyl groups excluding tert-OH is 1. The van der Waals surface area contributed by atoms with Gasteiger partial charge in [0.2, 0.25) is 5.91 Å². The minimum absolute atomic E-state index is 0.118. The Morgan fingerprint density at radius 2 is 1.56 bits per heavy atom. The van der Waals surface area contributed by atoms with Crippen LogP contribution in [0.5, 0.6) is 0 Å². The zero-order chi connectivity index (χ0) is 22.7. The maximum Gasteiger partial charge on any atom is 0.239 e. The number of benzene rings is 3. The lowest BCUT2D eigenvalue weighted by Gasteiger charge is -2.20. The first-order valence-corrected chi connectivity index (χ1v) is 10.8. The summed E-state index contributed by atoms with van der Waals surface area (Å²) in [5.74, 6) is -0.0816. The molecule has 0 aliphatic carbocycles. The van der Waals surface area contributed by atoms with Crippen LogP contribution in [0, 0.1) is 5.92 Å². The zero-order valence-electron chi connectivity index (χ0n) is 18.3. The number of nitrogens with one attached hydrogen (secondary N) is 2. The number of amides is 1. The van der Waals surface area contributed by atoms with E-state index in [1.807, 2.05) is 66.7 Å². The molecule has 0 radical (unpaired) electrons. The first-order chi connectivity index (χ1) is 15.4. The molecule has 0 fully saturated rings. The summed E-state index contributed by atoms with van der Waals surface area (Å²) in [6.07, 6.45) is 0.626. The highest BCUT2D eigenvalue weighted by molar-refractivity contribution is 6.08. The van der Waals surface area contributed by atoms with E-state index in [2.05, 4.69) is 24.5 Å². The Hall–Kier alpha value is -3.64. The summed E-state index contributed by atoms with van der Waals surface area (Å²) in [6.45, 7) is 3.98. The molecule has 164 valence electrons. The number of carbonyl (C=O) groups is 1. The molecule has 5 N–H and O–H groups in total. The number of fused-ring (bicyclic) bond motifs is 2. The van der Waals surface area contributed by atoms with Gasteiger partial charge in [-0.05, 0) is 48.2 Å². The maximum absolute atomic E-state index is 12.0. The van der Waals surface area contributed by atoms with Gasteiger partial charge in [-0.3, -0.25) is 4.79 Å². The lowest BCUT2D eigenvalue weighted by atomic mass is 10.0.